The molecule has 1 aromatic heterocycles. The highest BCUT2D eigenvalue weighted by Gasteiger charge is 2.46. The highest BCUT2D eigenvalue weighted by Crippen LogP contribution is 2.60. The molecule has 0 saturated heterocycles. The predicted octanol–water partition coefficient (Wildman–Crippen LogP) is 12.8. The van der Waals surface area contributed by atoms with E-state index in [1.54, 1.807) is 0 Å². The molecule has 0 atom stereocenters. The number of nitrogens with zero attached hydrogens (tertiary/aromatic N) is 1. The van der Waals surface area contributed by atoms with Gasteiger partial charge in [-0.2, -0.15) is 0 Å². The number of benzene rings is 7. The van der Waals surface area contributed by atoms with Crippen molar-refractivity contribution < 1.29 is 4.42 Å². The number of para-hydroxylation sites is 3. The fourth-order valence-corrected chi connectivity index (χ4v) is 9.02. The summed E-state index contributed by atoms with van der Waals surface area (Å²) in [6, 6.07) is 50.9. The van der Waals surface area contributed by atoms with E-state index in [9.17, 15) is 0 Å². The summed E-state index contributed by atoms with van der Waals surface area (Å²) in [4.78, 5) is 2.36. The summed E-state index contributed by atoms with van der Waals surface area (Å²) >= 11 is 0. The van der Waals surface area contributed by atoms with Crippen LogP contribution in [0.15, 0.2) is 144 Å². The van der Waals surface area contributed by atoms with Gasteiger partial charge in [0.1, 0.15) is 5.58 Å². The number of anilines is 3. The zero-order chi connectivity index (χ0) is 32.4. The Hall–Kier alpha value is -5.60. The van der Waals surface area contributed by atoms with Crippen LogP contribution in [0.2, 0.25) is 0 Å². The van der Waals surface area contributed by atoms with Crippen molar-refractivity contribution in [3.8, 4) is 22.3 Å². The number of hydrogen-bond acceptors (Lipinski definition) is 2. The minimum absolute atomic E-state index is 0.116. The van der Waals surface area contributed by atoms with Gasteiger partial charge in [-0.15, -0.1) is 0 Å². The third kappa shape index (κ3) is 3.52. The lowest BCUT2D eigenvalue weighted by Crippen LogP contribution is -2.24. The monoisotopic (exact) mass is 617 g/mol. The molecule has 2 aliphatic rings. The maximum Gasteiger partial charge on any atom is 0.159 e. The quantitative estimate of drug-likeness (QED) is 0.196. The highest BCUT2D eigenvalue weighted by molar-refractivity contribution is 6.10. The largest absolute Gasteiger partial charge is 0.454 e. The van der Waals surface area contributed by atoms with Crippen LogP contribution in [0, 0.1) is 0 Å². The van der Waals surface area contributed by atoms with E-state index in [1.807, 2.05) is 6.07 Å². The molecule has 1 heterocycles. The summed E-state index contributed by atoms with van der Waals surface area (Å²) in [5.41, 5.74) is 15.9. The molecule has 2 nitrogen and oxygen atoms in total. The van der Waals surface area contributed by atoms with Gasteiger partial charge >= 0.3 is 0 Å². The van der Waals surface area contributed by atoms with Gasteiger partial charge in [0.25, 0.3) is 0 Å². The summed E-state index contributed by atoms with van der Waals surface area (Å²) in [5.74, 6) is 0. The van der Waals surface area contributed by atoms with Gasteiger partial charge in [0, 0.05) is 33.0 Å². The second-order valence-electron chi connectivity index (χ2n) is 14.5. The molecule has 2 heteroatoms. The van der Waals surface area contributed by atoms with Crippen molar-refractivity contribution in [3.63, 3.8) is 0 Å². The Morgan fingerprint density at radius 1 is 0.479 bits per heavy atom. The van der Waals surface area contributed by atoms with E-state index in [2.05, 4.69) is 166 Å². The Labute approximate surface area is 280 Å². The van der Waals surface area contributed by atoms with Crippen molar-refractivity contribution in [1.29, 1.82) is 0 Å². The zero-order valence-corrected chi connectivity index (χ0v) is 27.6. The number of hydrogen-bond donors (Lipinski definition) is 0. The van der Waals surface area contributed by atoms with Crippen LogP contribution < -0.4 is 4.90 Å². The Balaban J connectivity index is 1.19. The van der Waals surface area contributed by atoms with E-state index in [4.69, 9.17) is 4.42 Å². The molecule has 7 aromatic carbocycles. The summed E-state index contributed by atoms with van der Waals surface area (Å²) < 4.78 is 6.58. The minimum atomic E-state index is -0.200. The summed E-state index contributed by atoms with van der Waals surface area (Å²) in [6.45, 7) is 9.68. The number of fused-ring (bicyclic) bond motifs is 12. The average Bonchev–Trinajstić information content (AvgIpc) is 3.69. The lowest BCUT2D eigenvalue weighted by Gasteiger charge is -2.31. The van der Waals surface area contributed by atoms with Crippen molar-refractivity contribution in [2.24, 2.45) is 0 Å². The van der Waals surface area contributed by atoms with E-state index in [0.29, 0.717) is 0 Å². The lowest BCUT2D eigenvalue weighted by atomic mass is 9.72. The van der Waals surface area contributed by atoms with Gasteiger partial charge < -0.3 is 9.32 Å². The average molecular weight is 618 g/mol. The van der Waals surface area contributed by atoms with Crippen LogP contribution in [0.25, 0.3) is 55.0 Å². The number of furan rings is 1. The first-order valence-electron chi connectivity index (χ1n) is 16.9. The van der Waals surface area contributed by atoms with Gasteiger partial charge in [-0.3, -0.25) is 0 Å². The molecule has 0 radical (unpaired) electrons. The first-order valence-corrected chi connectivity index (χ1v) is 16.9. The van der Waals surface area contributed by atoms with Crippen molar-refractivity contribution in [2.75, 3.05) is 4.90 Å². The maximum atomic E-state index is 6.58. The van der Waals surface area contributed by atoms with E-state index < -0.39 is 0 Å². The first kappa shape index (κ1) is 27.5. The first-order chi connectivity index (χ1) is 23.3. The molecular weight excluding hydrogens is 583 g/mol. The van der Waals surface area contributed by atoms with Gasteiger partial charge in [-0.05, 0) is 91.7 Å². The molecule has 0 N–H and O–H groups in total. The molecule has 0 unspecified atom stereocenters. The molecule has 2 aliphatic carbocycles. The molecule has 230 valence electrons. The van der Waals surface area contributed by atoms with E-state index in [1.165, 1.54) is 55.3 Å². The molecule has 0 aliphatic heterocycles. The van der Waals surface area contributed by atoms with Crippen LogP contribution in [0.5, 0.6) is 0 Å². The Morgan fingerprint density at radius 3 is 2.00 bits per heavy atom. The van der Waals surface area contributed by atoms with Crippen molar-refractivity contribution in [3.05, 3.63) is 162 Å². The molecule has 0 amide bonds. The molecule has 0 bridgehead atoms. The van der Waals surface area contributed by atoms with Crippen molar-refractivity contribution in [2.45, 2.75) is 38.5 Å². The fourth-order valence-electron chi connectivity index (χ4n) is 9.02. The molecule has 0 fully saturated rings. The van der Waals surface area contributed by atoms with E-state index in [0.717, 1.165) is 39.0 Å². The van der Waals surface area contributed by atoms with Crippen molar-refractivity contribution >= 4 is 49.8 Å². The van der Waals surface area contributed by atoms with Gasteiger partial charge in [0.2, 0.25) is 0 Å². The molecule has 48 heavy (non-hydrogen) atoms. The summed E-state index contributed by atoms with van der Waals surface area (Å²) in [5, 5.41) is 4.91. The van der Waals surface area contributed by atoms with Crippen LogP contribution in [-0.4, -0.2) is 0 Å². The van der Waals surface area contributed by atoms with Gasteiger partial charge in [0.15, 0.2) is 5.58 Å². The molecule has 0 spiro atoms. The highest BCUT2D eigenvalue weighted by atomic mass is 16.3. The van der Waals surface area contributed by atoms with E-state index >= 15 is 0 Å². The normalized spacial score (nSPS) is 15.0. The second-order valence-corrected chi connectivity index (χ2v) is 14.5. The zero-order valence-electron chi connectivity index (χ0n) is 27.6. The van der Waals surface area contributed by atoms with Crippen LogP contribution in [0.1, 0.15) is 49.9 Å². The Bertz CT molecular complexity index is 2620. The Kier molecular flexibility index (Phi) is 5.44. The van der Waals surface area contributed by atoms with Crippen LogP contribution >= 0.6 is 0 Å². The van der Waals surface area contributed by atoms with Gasteiger partial charge in [-0.25, -0.2) is 0 Å². The van der Waals surface area contributed by atoms with Crippen LogP contribution in [-0.2, 0) is 10.8 Å². The fraction of sp³-hybridized carbons (Fsp3) is 0.130. The van der Waals surface area contributed by atoms with E-state index in [-0.39, 0.29) is 10.8 Å². The van der Waals surface area contributed by atoms with Crippen LogP contribution in [0.4, 0.5) is 17.1 Å². The minimum Gasteiger partial charge on any atom is -0.454 e. The van der Waals surface area contributed by atoms with Crippen molar-refractivity contribution in [1.82, 2.24) is 0 Å². The third-order valence-corrected chi connectivity index (χ3v) is 11.2. The SMILES string of the molecule is CC1(C)c2cc(N(c3ccccc3)c3cccc4c3oc3ccccc34)ccc2-c2ccc3c(c21)C(C)(C)c1ccc2ccccc2c1-3. The number of rotatable bonds is 3. The van der Waals surface area contributed by atoms with Gasteiger partial charge in [-0.1, -0.05) is 131 Å². The summed E-state index contributed by atoms with van der Waals surface area (Å²) in [7, 11) is 0. The standard InChI is InChI=1S/C46H35NO/c1-45(2)37-26-21-28-13-8-9-16-31(28)41(37)36-25-24-34-32-23-22-30(27-38(32)46(3,4)42(34)43(36)45)47(29-14-6-5-7-15-29)39-19-12-18-35-33-17-10-11-20-40(33)48-44(35)39/h5-27H,1-4H3. The van der Waals surface area contributed by atoms with Gasteiger partial charge in [0.05, 0.1) is 5.69 Å². The lowest BCUT2D eigenvalue weighted by molar-refractivity contribution is 0.601. The molecule has 8 aromatic rings. The maximum absolute atomic E-state index is 6.58. The summed E-state index contributed by atoms with van der Waals surface area (Å²) in [6.07, 6.45) is 0. The molecular formula is C46H35NO. The topological polar surface area (TPSA) is 16.4 Å². The third-order valence-electron chi connectivity index (χ3n) is 11.2. The molecule has 0 saturated carbocycles. The van der Waals surface area contributed by atoms with Crippen LogP contribution in [0.3, 0.4) is 0 Å². The molecule has 10 rings (SSSR count). The Morgan fingerprint density at radius 2 is 1.15 bits per heavy atom. The second kappa shape index (κ2) is 9.49. The predicted molar refractivity (Wildman–Crippen MR) is 201 cm³/mol. The smallest absolute Gasteiger partial charge is 0.159 e.